The summed E-state index contributed by atoms with van der Waals surface area (Å²) >= 11 is 3.37. The molecule has 0 atom stereocenters. The molecule has 1 heterocycles. The van der Waals surface area contributed by atoms with Crippen molar-refractivity contribution in [3.8, 4) is 5.75 Å². The zero-order valence-corrected chi connectivity index (χ0v) is 15.3. The van der Waals surface area contributed by atoms with E-state index in [-0.39, 0.29) is 12.5 Å². The summed E-state index contributed by atoms with van der Waals surface area (Å²) in [6, 6.07) is 13.6. The average molecular weight is 389 g/mol. The molecule has 1 saturated heterocycles. The molecular formula is C19H21BrN2O2. The van der Waals surface area contributed by atoms with Crippen LogP contribution in [-0.4, -0.2) is 25.6 Å². The van der Waals surface area contributed by atoms with E-state index in [0.717, 1.165) is 28.8 Å². The zero-order chi connectivity index (χ0) is 16.9. The van der Waals surface area contributed by atoms with Crippen LogP contribution in [0.15, 0.2) is 46.9 Å². The van der Waals surface area contributed by atoms with Gasteiger partial charge in [-0.05, 0) is 67.8 Å². The van der Waals surface area contributed by atoms with Gasteiger partial charge in [-0.15, -0.1) is 0 Å². The Bertz CT molecular complexity index is 710. The molecule has 0 unspecified atom stereocenters. The van der Waals surface area contributed by atoms with Gasteiger partial charge in [0.15, 0.2) is 6.61 Å². The van der Waals surface area contributed by atoms with Crippen molar-refractivity contribution in [1.29, 1.82) is 0 Å². The second-order valence-electron chi connectivity index (χ2n) is 5.98. The van der Waals surface area contributed by atoms with Gasteiger partial charge in [-0.1, -0.05) is 15.9 Å². The molecule has 24 heavy (non-hydrogen) atoms. The summed E-state index contributed by atoms with van der Waals surface area (Å²) in [6.07, 6.45) is 2.51. The zero-order valence-electron chi connectivity index (χ0n) is 13.7. The molecule has 0 aliphatic carbocycles. The van der Waals surface area contributed by atoms with Gasteiger partial charge < -0.3 is 15.0 Å². The predicted octanol–water partition coefficient (Wildman–Crippen LogP) is 4.38. The number of hydrogen-bond acceptors (Lipinski definition) is 3. The van der Waals surface area contributed by atoms with Gasteiger partial charge in [0.1, 0.15) is 5.75 Å². The van der Waals surface area contributed by atoms with Crippen molar-refractivity contribution in [2.45, 2.75) is 19.8 Å². The molecule has 3 rings (SSSR count). The van der Waals surface area contributed by atoms with Crippen LogP contribution in [-0.2, 0) is 4.79 Å². The third-order valence-electron chi connectivity index (χ3n) is 4.14. The van der Waals surface area contributed by atoms with Crippen LogP contribution < -0.4 is 15.0 Å². The maximum atomic E-state index is 12.1. The molecule has 2 aromatic rings. The Hall–Kier alpha value is -2.01. The fourth-order valence-corrected chi connectivity index (χ4v) is 3.09. The van der Waals surface area contributed by atoms with Crippen molar-refractivity contribution in [2.75, 3.05) is 29.9 Å². The molecule has 4 nitrogen and oxygen atoms in total. The third-order valence-corrected chi connectivity index (χ3v) is 4.67. The van der Waals surface area contributed by atoms with Crippen LogP contribution in [0, 0.1) is 6.92 Å². The molecule has 0 aromatic heterocycles. The van der Waals surface area contributed by atoms with Gasteiger partial charge in [0.05, 0.1) is 0 Å². The summed E-state index contributed by atoms with van der Waals surface area (Å²) in [7, 11) is 0. The van der Waals surface area contributed by atoms with E-state index in [4.69, 9.17) is 4.74 Å². The summed E-state index contributed by atoms with van der Waals surface area (Å²) in [6.45, 7) is 4.25. The quantitative estimate of drug-likeness (QED) is 0.826. The second kappa shape index (κ2) is 7.71. The van der Waals surface area contributed by atoms with E-state index in [1.165, 1.54) is 18.5 Å². The number of ether oxygens (including phenoxy) is 1. The molecule has 5 heteroatoms. The Morgan fingerprint density at radius 2 is 1.88 bits per heavy atom. The van der Waals surface area contributed by atoms with Crippen molar-refractivity contribution < 1.29 is 9.53 Å². The Labute approximate surface area is 150 Å². The number of nitrogens with zero attached hydrogens (tertiary/aromatic N) is 1. The highest BCUT2D eigenvalue weighted by molar-refractivity contribution is 9.10. The van der Waals surface area contributed by atoms with Crippen molar-refractivity contribution >= 4 is 33.2 Å². The number of hydrogen-bond donors (Lipinski definition) is 1. The van der Waals surface area contributed by atoms with Crippen LogP contribution >= 0.6 is 15.9 Å². The number of aryl methyl sites for hydroxylation is 1. The highest BCUT2D eigenvalue weighted by Gasteiger charge is 2.13. The minimum absolute atomic E-state index is 0.00501. The van der Waals surface area contributed by atoms with E-state index in [1.54, 1.807) is 0 Å². The number of rotatable bonds is 5. The van der Waals surface area contributed by atoms with Gasteiger partial charge in [-0.3, -0.25) is 4.79 Å². The summed E-state index contributed by atoms with van der Waals surface area (Å²) in [5.41, 5.74) is 3.13. The molecule has 1 fully saturated rings. The first-order valence-electron chi connectivity index (χ1n) is 8.15. The maximum absolute atomic E-state index is 12.1. The van der Waals surface area contributed by atoms with E-state index in [0.29, 0.717) is 5.75 Å². The molecule has 1 amide bonds. The van der Waals surface area contributed by atoms with Crippen LogP contribution in [0.3, 0.4) is 0 Å². The fourth-order valence-electron chi connectivity index (χ4n) is 2.83. The van der Waals surface area contributed by atoms with E-state index < -0.39 is 0 Å². The van der Waals surface area contributed by atoms with E-state index in [2.05, 4.69) is 38.3 Å². The first-order valence-corrected chi connectivity index (χ1v) is 8.95. The van der Waals surface area contributed by atoms with Crippen molar-refractivity contribution in [2.24, 2.45) is 0 Å². The van der Waals surface area contributed by atoms with Crippen LogP contribution in [0.4, 0.5) is 11.4 Å². The predicted molar refractivity (Wildman–Crippen MR) is 101 cm³/mol. The lowest BCUT2D eigenvalue weighted by Gasteiger charge is -2.19. The fraction of sp³-hybridized carbons (Fsp3) is 0.316. The van der Waals surface area contributed by atoms with Gasteiger partial charge >= 0.3 is 0 Å². The SMILES string of the molecule is Cc1cc(N2CCCC2)ccc1NC(=O)COc1ccc(Br)cc1. The lowest BCUT2D eigenvalue weighted by atomic mass is 10.1. The lowest BCUT2D eigenvalue weighted by Crippen LogP contribution is -2.21. The lowest BCUT2D eigenvalue weighted by molar-refractivity contribution is -0.118. The van der Waals surface area contributed by atoms with Crippen molar-refractivity contribution in [1.82, 2.24) is 0 Å². The first kappa shape index (κ1) is 16.8. The molecular weight excluding hydrogens is 368 g/mol. The smallest absolute Gasteiger partial charge is 0.262 e. The largest absolute Gasteiger partial charge is 0.484 e. The Balaban J connectivity index is 1.56. The number of carbonyl (C=O) groups is 1. The van der Waals surface area contributed by atoms with Gasteiger partial charge in [-0.2, -0.15) is 0 Å². The summed E-state index contributed by atoms with van der Waals surface area (Å²) < 4.78 is 6.48. The number of halogens is 1. The molecule has 0 bridgehead atoms. The number of anilines is 2. The number of benzene rings is 2. The molecule has 0 radical (unpaired) electrons. The van der Waals surface area contributed by atoms with E-state index in [1.807, 2.05) is 37.3 Å². The molecule has 2 aromatic carbocycles. The highest BCUT2D eigenvalue weighted by atomic mass is 79.9. The molecule has 1 N–H and O–H groups in total. The van der Waals surface area contributed by atoms with Gasteiger partial charge in [0, 0.05) is 28.9 Å². The standard InChI is InChI=1S/C19H21BrN2O2/c1-14-12-16(22-10-2-3-11-22)6-9-18(14)21-19(23)13-24-17-7-4-15(20)5-8-17/h4-9,12H,2-3,10-11,13H2,1H3,(H,21,23). The average Bonchev–Trinajstić information content (AvgIpc) is 3.11. The minimum Gasteiger partial charge on any atom is -0.484 e. The van der Waals surface area contributed by atoms with E-state index in [9.17, 15) is 4.79 Å². The molecule has 126 valence electrons. The first-order chi connectivity index (χ1) is 11.6. The van der Waals surface area contributed by atoms with Crippen molar-refractivity contribution in [3.63, 3.8) is 0 Å². The summed E-state index contributed by atoms with van der Waals surface area (Å²) in [5, 5.41) is 2.92. The third kappa shape index (κ3) is 4.29. The second-order valence-corrected chi connectivity index (χ2v) is 6.90. The van der Waals surface area contributed by atoms with Crippen molar-refractivity contribution in [3.05, 3.63) is 52.5 Å². The van der Waals surface area contributed by atoms with Crippen LogP contribution in [0.2, 0.25) is 0 Å². The normalized spacial score (nSPS) is 13.8. The van der Waals surface area contributed by atoms with Gasteiger partial charge in [0.25, 0.3) is 5.91 Å². The molecule has 0 spiro atoms. The monoisotopic (exact) mass is 388 g/mol. The number of carbonyl (C=O) groups excluding carboxylic acids is 1. The topological polar surface area (TPSA) is 41.6 Å². The highest BCUT2D eigenvalue weighted by Crippen LogP contribution is 2.25. The van der Waals surface area contributed by atoms with E-state index >= 15 is 0 Å². The Morgan fingerprint density at radius 3 is 2.54 bits per heavy atom. The number of amides is 1. The Kier molecular flexibility index (Phi) is 5.41. The van der Waals surface area contributed by atoms with Crippen LogP contribution in [0.5, 0.6) is 5.75 Å². The van der Waals surface area contributed by atoms with Gasteiger partial charge in [0.2, 0.25) is 0 Å². The minimum atomic E-state index is -0.157. The van der Waals surface area contributed by atoms with Gasteiger partial charge in [-0.25, -0.2) is 0 Å². The molecule has 0 saturated carbocycles. The van der Waals surface area contributed by atoms with Crippen LogP contribution in [0.25, 0.3) is 0 Å². The summed E-state index contributed by atoms with van der Waals surface area (Å²) in [5.74, 6) is 0.518. The van der Waals surface area contributed by atoms with Crippen LogP contribution in [0.1, 0.15) is 18.4 Å². The maximum Gasteiger partial charge on any atom is 0.262 e. The summed E-state index contributed by atoms with van der Waals surface area (Å²) in [4.78, 5) is 14.5. The molecule has 1 aliphatic heterocycles. The molecule has 1 aliphatic rings. The Morgan fingerprint density at radius 1 is 1.17 bits per heavy atom. The number of nitrogens with one attached hydrogen (secondary N) is 1.